The second-order valence-corrected chi connectivity index (χ2v) is 10.3. The maximum absolute atomic E-state index is 12.8. The summed E-state index contributed by atoms with van der Waals surface area (Å²) >= 11 is 0. The second kappa shape index (κ2) is 8.47. The molecule has 0 atom stereocenters. The Bertz CT molecular complexity index is 1040. The molecule has 0 unspecified atom stereocenters. The van der Waals surface area contributed by atoms with Crippen molar-refractivity contribution in [2.45, 2.75) is 64.5 Å². The highest BCUT2D eigenvalue weighted by Gasteiger charge is 2.27. The van der Waals surface area contributed by atoms with Gasteiger partial charge >= 0.3 is 0 Å². The molecule has 1 saturated carbocycles. The van der Waals surface area contributed by atoms with E-state index in [1.54, 1.807) is 4.68 Å². The number of rotatable bonds is 4. The van der Waals surface area contributed by atoms with E-state index in [9.17, 15) is 13.2 Å². The summed E-state index contributed by atoms with van der Waals surface area (Å²) in [7, 11) is -3.23. The number of benzene rings is 1. The van der Waals surface area contributed by atoms with E-state index in [1.807, 2.05) is 25.1 Å². The van der Waals surface area contributed by atoms with Gasteiger partial charge in [-0.3, -0.25) is 4.79 Å². The molecule has 0 bridgehead atoms. The Kier molecular flexibility index (Phi) is 5.92. The van der Waals surface area contributed by atoms with E-state index in [-0.39, 0.29) is 11.9 Å². The number of aromatic nitrogens is 3. The van der Waals surface area contributed by atoms with Crippen molar-refractivity contribution in [2.24, 2.45) is 0 Å². The first-order chi connectivity index (χ1) is 14.3. The van der Waals surface area contributed by atoms with Crippen LogP contribution in [-0.2, 0) is 23.0 Å². The Morgan fingerprint density at radius 3 is 2.60 bits per heavy atom. The van der Waals surface area contributed by atoms with Crippen LogP contribution in [0, 0.1) is 6.92 Å². The number of carbonyl (C=O) groups excluding carboxylic acids is 1. The monoisotopic (exact) mass is 431 g/mol. The minimum absolute atomic E-state index is 0.168. The Balaban J connectivity index is 1.58. The molecule has 1 fully saturated rings. The molecule has 1 aliphatic carbocycles. The van der Waals surface area contributed by atoms with Crippen LogP contribution in [0.15, 0.2) is 18.2 Å². The van der Waals surface area contributed by atoms with Crippen molar-refractivity contribution in [3.8, 4) is 5.69 Å². The molecule has 162 valence electrons. The van der Waals surface area contributed by atoms with Gasteiger partial charge in [0.2, 0.25) is 10.0 Å². The number of amides is 1. The van der Waals surface area contributed by atoms with E-state index in [0.29, 0.717) is 30.9 Å². The van der Waals surface area contributed by atoms with Crippen LogP contribution in [0.5, 0.6) is 0 Å². The molecule has 2 aromatic rings. The van der Waals surface area contributed by atoms with Crippen molar-refractivity contribution in [1.82, 2.24) is 24.6 Å². The van der Waals surface area contributed by atoms with E-state index in [0.717, 1.165) is 42.5 Å². The predicted octanol–water partition coefficient (Wildman–Crippen LogP) is 2.35. The van der Waals surface area contributed by atoms with Crippen LogP contribution < -0.4 is 5.32 Å². The number of fused-ring (bicyclic) bond motifs is 1. The fourth-order valence-corrected chi connectivity index (χ4v) is 5.29. The standard InChI is InChI=1S/C21H29N5O3S/c1-15-20(21(27)22-17-9-5-3-4-6-10-17)23-24-26(15)19-11-7-8-16-14-25(30(2,28)29)13-12-18(16)19/h7-8,11,17H,3-6,9-10,12-14H2,1-2H3,(H,22,27). The summed E-state index contributed by atoms with van der Waals surface area (Å²) in [5.74, 6) is -0.168. The van der Waals surface area contributed by atoms with Gasteiger partial charge in [-0.2, -0.15) is 4.31 Å². The van der Waals surface area contributed by atoms with Crippen molar-refractivity contribution >= 4 is 15.9 Å². The Labute approximate surface area is 177 Å². The van der Waals surface area contributed by atoms with Gasteiger partial charge in [-0.05, 0) is 43.4 Å². The molecule has 1 aromatic heterocycles. The van der Waals surface area contributed by atoms with Crippen LogP contribution in [0.4, 0.5) is 0 Å². The summed E-state index contributed by atoms with van der Waals surface area (Å²) in [6, 6.07) is 5.99. The summed E-state index contributed by atoms with van der Waals surface area (Å²) in [5.41, 5.74) is 3.93. The summed E-state index contributed by atoms with van der Waals surface area (Å²) in [6.45, 7) is 2.64. The molecule has 1 aliphatic heterocycles. The van der Waals surface area contributed by atoms with Crippen LogP contribution in [0.25, 0.3) is 5.69 Å². The first-order valence-electron chi connectivity index (χ1n) is 10.6. The van der Waals surface area contributed by atoms with Crippen LogP contribution in [-0.4, -0.2) is 52.5 Å². The fraction of sp³-hybridized carbons (Fsp3) is 0.571. The van der Waals surface area contributed by atoms with Crippen molar-refractivity contribution in [2.75, 3.05) is 12.8 Å². The predicted molar refractivity (Wildman–Crippen MR) is 114 cm³/mol. The number of nitrogens with zero attached hydrogens (tertiary/aromatic N) is 4. The van der Waals surface area contributed by atoms with E-state index in [4.69, 9.17) is 0 Å². The Morgan fingerprint density at radius 1 is 1.17 bits per heavy atom. The molecular formula is C21H29N5O3S. The third kappa shape index (κ3) is 4.27. The molecule has 8 nitrogen and oxygen atoms in total. The summed E-state index contributed by atoms with van der Waals surface area (Å²) in [6.07, 6.45) is 8.64. The van der Waals surface area contributed by atoms with Crippen LogP contribution in [0.2, 0.25) is 0 Å². The highest BCUT2D eigenvalue weighted by atomic mass is 32.2. The summed E-state index contributed by atoms with van der Waals surface area (Å²) < 4.78 is 27.0. The quantitative estimate of drug-likeness (QED) is 0.750. The smallest absolute Gasteiger partial charge is 0.273 e. The van der Waals surface area contributed by atoms with Gasteiger partial charge < -0.3 is 5.32 Å². The lowest BCUT2D eigenvalue weighted by molar-refractivity contribution is 0.0927. The molecular weight excluding hydrogens is 402 g/mol. The van der Waals surface area contributed by atoms with Gasteiger partial charge in [0.25, 0.3) is 5.91 Å². The van der Waals surface area contributed by atoms with Crippen molar-refractivity contribution < 1.29 is 13.2 Å². The summed E-state index contributed by atoms with van der Waals surface area (Å²) in [4.78, 5) is 12.8. The van der Waals surface area contributed by atoms with E-state index >= 15 is 0 Å². The van der Waals surface area contributed by atoms with Crippen LogP contribution in [0.1, 0.15) is 65.8 Å². The molecule has 1 aromatic carbocycles. The minimum atomic E-state index is -3.23. The zero-order valence-corrected chi connectivity index (χ0v) is 18.4. The molecule has 1 amide bonds. The molecule has 2 aliphatic rings. The van der Waals surface area contributed by atoms with E-state index in [1.165, 1.54) is 23.4 Å². The maximum atomic E-state index is 12.8. The largest absolute Gasteiger partial charge is 0.348 e. The topological polar surface area (TPSA) is 97.2 Å². The number of carbonyl (C=O) groups is 1. The van der Waals surface area contributed by atoms with Crippen molar-refractivity contribution in [3.05, 3.63) is 40.7 Å². The van der Waals surface area contributed by atoms with Gasteiger partial charge in [-0.15, -0.1) is 5.10 Å². The summed E-state index contributed by atoms with van der Waals surface area (Å²) in [5, 5.41) is 11.6. The van der Waals surface area contributed by atoms with Gasteiger partial charge in [0.15, 0.2) is 5.69 Å². The minimum Gasteiger partial charge on any atom is -0.348 e. The molecule has 0 spiro atoms. The lowest BCUT2D eigenvalue weighted by Gasteiger charge is -2.28. The van der Waals surface area contributed by atoms with E-state index < -0.39 is 10.0 Å². The van der Waals surface area contributed by atoms with Crippen LogP contribution in [0.3, 0.4) is 0 Å². The molecule has 0 radical (unpaired) electrons. The Hall–Kier alpha value is -2.26. The van der Waals surface area contributed by atoms with Gasteiger partial charge in [0.05, 0.1) is 17.6 Å². The zero-order valence-electron chi connectivity index (χ0n) is 17.6. The zero-order chi connectivity index (χ0) is 21.3. The average Bonchev–Trinajstić information content (AvgIpc) is 2.91. The third-order valence-electron chi connectivity index (χ3n) is 6.20. The fourth-order valence-electron chi connectivity index (χ4n) is 4.49. The van der Waals surface area contributed by atoms with E-state index in [2.05, 4.69) is 15.6 Å². The number of hydrogen-bond acceptors (Lipinski definition) is 5. The molecule has 30 heavy (non-hydrogen) atoms. The maximum Gasteiger partial charge on any atom is 0.273 e. The molecule has 9 heteroatoms. The van der Waals surface area contributed by atoms with Crippen LogP contribution >= 0.6 is 0 Å². The van der Waals surface area contributed by atoms with Crippen molar-refractivity contribution in [1.29, 1.82) is 0 Å². The first-order valence-corrected chi connectivity index (χ1v) is 12.5. The Morgan fingerprint density at radius 2 is 1.90 bits per heavy atom. The molecule has 2 heterocycles. The third-order valence-corrected chi connectivity index (χ3v) is 7.45. The first kappa shape index (κ1) is 21.0. The highest BCUT2D eigenvalue weighted by molar-refractivity contribution is 7.88. The lowest BCUT2D eigenvalue weighted by Crippen LogP contribution is -2.35. The number of hydrogen-bond donors (Lipinski definition) is 1. The van der Waals surface area contributed by atoms with Gasteiger partial charge in [-0.1, -0.05) is 43.0 Å². The second-order valence-electron chi connectivity index (χ2n) is 8.36. The SMILES string of the molecule is Cc1c(C(=O)NC2CCCCCC2)nnn1-c1cccc2c1CCN(S(C)(=O)=O)C2. The molecule has 1 N–H and O–H groups in total. The van der Waals surface area contributed by atoms with Gasteiger partial charge in [0.1, 0.15) is 0 Å². The number of sulfonamides is 1. The van der Waals surface area contributed by atoms with Crippen molar-refractivity contribution in [3.63, 3.8) is 0 Å². The molecule has 4 rings (SSSR count). The highest BCUT2D eigenvalue weighted by Crippen LogP contribution is 2.27. The molecule has 0 saturated heterocycles. The average molecular weight is 432 g/mol. The lowest BCUT2D eigenvalue weighted by atomic mass is 9.99. The normalized spacial score (nSPS) is 18.6. The number of nitrogens with one attached hydrogen (secondary N) is 1. The van der Waals surface area contributed by atoms with Gasteiger partial charge in [-0.25, -0.2) is 13.1 Å². The van der Waals surface area contributed by atoms with Gasteiger partial charge in [0, 0.05) is 19.1 Å².